The summed E-state index contributed by atoms with van der Waals surface area (Å²) < 4.78 is 0. The molecule has 0 aliphatic carbocycles. The molecule has 0 heterocycles. The van der Waals surface area contributed by atoms with Crippen molar-refractivity contribution >= 4 is 35.0 Å². The summed E-state index contributed by atoms with van der Waals surface area (Å²) in [6.45, 7) is 0. The first kappa shape index (κ1) is 14.9. The molecule has 0 saturated carbocycles. The van der Waals surface area contributed by atoms with Crippen LogP contribution >= 0.6 is 11.8 Å². The molecule has 6 heteroatoms. The quantitative estimate of drug-likeness (QED) is 0.596. The number of aromatic carboxylic acids is 1. The molecule has 0 saturated heterocycles. The van der Waals surface area contributed by atoms with Gasteiger partial charge in [0.1, 0.15) is 0 Å². The molecule has 0 unspecified atom stereocenters. The summed E-state index contributed by atoms with van der Waals surface area (Å²) in [4.78, 5) is 24.3. The van der Waals surface area contributed by atoms with Crippen LogP contribution in [0.2, 0.25) is 0 Å². The van der Waals surface area contributed by atoms with Crippen LogP contribution in [0, 0.1) is 0 Å². The zero-order chi connectivity index (χ0) is 15.4. The van der Waals surface area contributed by atoms with Gasteiger partial charge in [-0.05, 0) is 36.6 Å². The first-order valence-corrected chi connectivity index (χ1v) is 7.32. The van der Waals surface area contributed by atoms with E-state index in [1.807, 2.05) is 18.4 Å². The van der Waals surface area contributed by atoms with Crippen molar-refractivity contribution in [3.05, 3.63) is 53.6 Å². The predicted octanol–water partition coefficient (Wildman–Crippen LogP) is 2.94. The van der Waals surface area contributed by atoms with E-state index < -0.39 is 5.97 Å². The Morgan fingerprint density at radius 2 is 1.86 bits per heavy atom. The van der Waals surface area contributed by atoms with Crippen molar-refractivity contribution in [2.24, 2.45) is 0 Å². The maximum Gasteiger partial charge on any atom is 0.337 e. The first-order chi connectivity index (χ1) is 10.0. The van der Waals surface area contributed by atoms with E-state index in [1.54, 1.807) is 18.2 Å². The number of amides is 1. The first-order valence-electron chi connectivity index (χ1n) is 6.10. The van der Waals surface area contributed by atoms with E-state index in [-0.39, 0.29) is 17.2 Å². The van der Waals surface area contributed by atoms with Gasteiger partial charge in [0.2, 0.25) is 0 Å². The molecule has 2 rings (SSSR count). The number of carboxylic acids is 1. The van der Waals surface area contributed by atoms with Crippen LogP contribution in [0.25, 0.3) is 0 Å². The fourth-order valence-electron chi connectivity index (χ4n) is 1.87. The fourth-order valence-corrected chi connectivity index (χ4v) is 2.46. The van der Waals surface area contributed by atoms with Crippen molar-refractivity contribution in [2.75, 3.05) is 17.3 Å². The van der Waals surface area contributed by atoms with Crippen molar-refractivity contribution in [1.82, 2.24) is 0 Å². The highest BCUT2D eigenvalue weighted by Crippen LogP contribution is 2.23. The molecule has 0 aliphatic rings. The zero-order valence-electron chi connectivity index (χ0n) is 11.3. The summed E-state index contributed by atoms with van der Waals surface area (Å²) in [5.41, 5.74) is 6.58. The third-order valence-electron chi connectivity index (χ3n) is 2.87. The lowest BCUT2D eigenvalue weighted by molar-refractivity contribution is 0.0698. The fraction of sp³-hybridized carbons (Fsp3) is 0.0667. The Hall–Kier alpha value is -2.47. The standard InChI is InChI=1S/C15H14N2O3S/c1-21-13-5-3-2-4-10(13)14(18)17-12-7-6-9(16)8-11(12)15(19)20/h2-8H,16H2,1H3,(H,17,18)(H,19,20). The molecule has 0 aliphatic heterocycles. The number of nitrogens with two attached hydrogens (primary N) is 1. The van der Waals surface area contributed by atoms with Crippen molar-refractivity contribution < 1.29 is 14.7 Å². The Labute approximate surface area is 126 Å². The lowest BCUT2D eigenvalue weighted by Crippen LogP contribution is -2.15. The summed E-state index contributed by atoms with van der Waals surface area (Å²) in [5, 5.41) is 11.8. The van der Waals surface area contributed by atoms with Gasteiger partial charge in [-0.15, -0.1) is 11.8 Å². The number of nitrogen functional groups attached to an aromatic ring is 1. The van der Waals surface area contributed by atoms with Crippen molar-refractivity contribution in [1.29, 1.82) is 0 Å². The van der Waals surface area contributed by atoms with Crippen LogP contribution < -0.4 is 11.1 Å². The second-order valence-corrected chi connectivity index (χ2v) is 5.11. The van der Waals surface area contributed by atoms with Gasteiger partial charge in [0, 0.05) is 10.6 Å². The minimum Gasteiger partial charge on any atom is -0.478 e. The molecule has 0 fully saturated rings. The average molecular weight is 302 g/mol. The van der Waals surface area contributed by atoms with E-state index in [4.69, 9.17) is 10.8 Å². The van der Waals surface area contributed by atoms with Gasteiger partial charge in [-0.2, -0.15) is 0 Å². The van der Waals surface area contributed by atoms with Crippen LogP contribution in [0.3, 0.4) is 0 Å². The Bertz CT molecular complexity index is 701. The number of hydrogen-bond acceptors (Lipinski definition) is 4. The second-order valence-electron chi connectivity index (χ2n) is 4.26. The molecule has 5 nitrogen and oxygen atoms in total. The van der Waals surface area contributed by atoms with Gasteiger partial charge in [0.05, 0.1) is 16.8 Å². The van der Waals surface area contributed by atoms with Gasteiger partial charge < -0.3 is 16.2 Å². The molecule has 0 aromatic heterocycles. The highest BCUT2D eigenvalue weighted by Gasteiger charge is 2.15. The topological polar surface area (TPSA) is 92.4 Å². The molecule has 0 atom stereocenters. The SMILES string of the molecule is CSc1ccccc1C(=O)Nc1ccc(N)cc1C(=O)O. The third-order valence-corrected chi connectivity index (χ3v) is 3.67. The molecule has 21 heavy (non-hydrogen) atoms. The maximum absolute atomic E-state index is 12.3. The smallest absolute Gasteiger partial charge is 0.337 e. The van der Waals surface area contributed by atoms with E-state index in [9.17, 15) is 9.59 Å². The lowest BCUT2D eigenvalue weighted by Gasteiger charge is -2.11. The van der Waals surface area contributed by atoms with Crippen molar-refractivity contribution in [3.8, 4) is 0 Å². The van der Waals surface area contributed by atoms with Crippen LogP contribution in [0.1, 0.15) is 20.7 Å². The molecular formula is C15H14N2O3S. The zero-order valence-corrected chi connectivity index (χ0v) is 12.1. The van der Waals surface area contributed by atoms with Gasteiger partial charge in [0.15, 0.2) is 0 Å². The van der Waals surface area contributed by atoms with Crippen LogP contribution in [0.15, 0.2) is 47.4 Å². The van der Waals surface area contributed by atoms with Crippen LogP contribution in [0.5, 0.6) is 0 Å². The summed E-state index contributed by atoms with van der Waals surface area (Å²) in [6.07, 6.45) is 1.87. The summed E-state index contributed by atoms with van der Waals surface area (Å²) in [6, 6.07) is 11.5. The maximum atomic E-state index is 12.3. The van der Waals surface area contributed by atoms with Crippen molar-refractivity contribution in [2.45, 2.75) is 4.90 Å². The summed E-state index contributed by atoms with van der Waals surface area (Å²) in [5.74, 6) is -1.50. The van der Waals surface area contributed by atoms with E-state index in [2.05, 4.69) is 5.32 Å². The second kappa shape index (κ2) is 6.32. The Balaban J connectivity index is 2.34. The number of hydrogen-bond donors (Lipinski definition) is 3. The number of carboxylic acid groups (broad SMARTS) is 1. The number of thioether (sulfide) groups is 1. The molecule has 108 valence electrons. The molecule has 4 N–H and O–H groups in total. The molecule has 2 aromatic rings. The third kappa shape index (κ3) is 3.35. The lowest BCUT2D eigenvalue weighted by atomic mass is 10.1. The highest BCUT2D eigenvalue weighted by molar-refractivity contribution is 7.98. The molecule has 0 radical (unpaired) electrons. The minimum absolute atomic E-state index is 0.0371. The number of rotatable bonds is 4. The largest absolute Gasteiger partial charge is 0.478 e. The van der Waals surface area contributed by atoms with Gasteiger partial charge in [-0.3, -0.25) is 4.79 Å². The van der Waals surface area contributed by atoms with Crippen LogP contribution in [0.4, 0.5) is 11.4 Å². The van der Waals surface area contributed by atoms with Crippen LogP contribution in [-0.2, 0) is 0 Å². The number of carbonyl (C=O) groups is 2. The normalized spacial score (nSPS) is 10.1. The van der Waals surface area contributed by atoms with E-state index in [0.717, 1.165) is 4.90 Å². The van der Waals surface area contributed by atoms with Crippen molar-refractivity contribution in [3.63, 3.8) is 0 Å². The minimum atomic E-state index is -1.14. The van der Waals surface area contributed by atoms with E-state index >= 15 is 0 Å². The van der Waals surface area contributed by atoms with E-state index in [1.165, 1.54) is 23.9 Å². The van der Waals surface area contributed by atoms with Gasteiger partial charge in [-0.25, -0.2) is 4.79 Å². The molecule has 1 amide bonds. The monoisotopic (exact) mass is 302 g/mol. The number of benzene rings is 2. The summed E-state index contributed by atoms with van der Waals surface area (Å²) in [7, 11) is 0. The van der Waals surface area contributed by atoms with Gasteiger partial charge in [-0.1, -0.05) is 12.1 Å². The molecule has 0 bridgehead atoms. The Kier molecular flexibility index (Phi) is 4.49. The highest BCUT2D eigenvalue weighted by atomic mass is 32.2. The van der Waals surface area contributed by atoms with E-state index in [0.29, 0.717) is 11.3 Å². The summed E-state index contributed by atoms with van der Waals surface area (Å²) >= 11 is 1.45. The number of carbonyl (C=O) groups excluding carboxylic acids is 1. The predicted molar refractivity (Wildman–Crippen MR) is 84.0 cm³/mol. The Morgan fingerprint density at radius 1 is 1.14 bits per heavy atom. The molecular weight excluding hydrogens is 288 g/mol. The van der Waals surface area contributed by atoms with Crippen LogP contribution in [-0.4, -0.2) is 23.2 Å². The van der Waals surface area contributed by atoms with Gasteiger partial charge in [0.25, 0.3) is 5.91 Å². The molecule has 0 spiro atoms. The Morgan fingerprint density at radius 3 is 2.52 bits per heavy atom. The number of anilines is 2. The molecule has 2 aromatic carbocycles. The average Bonchev–Trinajstić information content (AvgIpc) is 2.48. The van der Waals surface area contributed by atoms with Gasteiger partial charge >= 0.3 is 5.97 Å². The number of nitrogens with one attached hydrogen (secondary N) is 1.